The lowest BCUT2D eigenvalue weighted by atomic mass is 9.99. The highest BCUT2D eigenvalue weighted by molar-refractivity contribution is 5.89. The predicted octanol–water partition coefficient (Wildman–Crippen LogP) is -0.764. The van der Waals surface area contributed by atoms with Gasteiger partial charge in [0, 0.05) is 30.3 Å². The molecule has 10 atom stereocenters. The van der Waals surface area contributed by atoms with Gasteiger partial charge in [-0.1, -0.05) is 6.07 Å². The molecule has 2 fully saturated rings. The third-order valence-corrected chi connectivity index (χ3v) is 8.94. The summed E-state index contributed by atoms with van der Waals surface area (Å²) in [5, 5.41) is 133. The Balaban J connectivity index is 1.33. The number of ether oxygens (including phenoxy) is 5. The third-order valence-electron chi connectivity index (χ3n) is 8.94. The van der Waals surface area contributed by atoms with Gasteiger partial charge in [0.05, 0.1) is 18.2 Å². The molecule has 0 unspecified atom stereocenters. The zero-order chi connectivity index (χ0) is 40.6. The number of carbonyl (C=O) groups excluding carboxylic acids is 1. The second kappa shape index (κ2) is 16.2. The average molecular weight is 790 g/mol. The van der Waals surface area contributed by atoms with Crippen molar-refractivity contribution in [3.05, 3.63) is 60.2 Å². The van der Waals surface area contributed by atoms with Crippen LogP contribution in [0.3, 0.4) is 0 Å². The lowest BCUT2D eigenvalue weighted by Crippen LogP contribution is -2.60. The molecular weight excluding hydrogens is 752 g/mol. The van der Waals surface area contributed by atoms with Crippen LogP contribution in [0.25, 0.3) is 28.4 Å². The molecule has 3 aromatic carbocycles. The quantitative estimate of drug-likeness (QED) is 0.0406. The van der Waals surface area contributed by atoms with E-state index in [-0.39, 0.29) is 33.8 Å². The molecule has 1 aromatic heterocycles. The monoisotopic (exact) mass is 789 g/mol. The number of fused-ring (bicyclic) bond motifs is 1. The Labute approximate surface area is 314 Å². The summed E-state index contributed by atoms with van der Waals surface area (Å²) in [7, 11) is 0. The van der Waals surface area contributed by atoms with Gasteiger partial charge in [0.15, 0.2) is 28.7 Å². The van der Waals surface area contributed by atoms with Crippen LogP contribution in [-0.4, -0.2) is 147 Å². The van der Waals surface area contributed by atoms with Gasteiger partial charge < -0.3 is 90.1 Å². The molecule has 20 nitrogen and oxygen atoms in total. The molecule has 2 aliphatic heterocycles. The van der Waals surface area contributed by atoms with E-state index in [1.54, 1.807) is 0 Å². The summed E-state index contributed by atoms with van der Waals surface area (Å²) in [6.45, 7) is -1.47. The first kappa shape index (κ1) is 40.0. The Hall–Kier alpha value is -5.68. The first-order valence-corrected chi connectivity index (χ1v) is 16.7. The normalized spacial score (nSPS) is 28.0. The molecule has 56 heavy (non-hydrogen) atoms. The van der Waals surface area contributed by atoms with Crippen molar-refractivity contribution >= 4 is 23.0 Å². The van der Waals surface area contributed by atoms with E-state index in [4.69, 9.17) is 28.1 Å². The van der Waals surface area contributed by atoms with Gasteiger partial charge in [-0.2, -0.15) is 0 Å². The number of aliphatic hydroxyl groups is 7. The number of hydrogen-bond donors (Lipinski definition) is 13. The Morgan fingerprint density at radius 3 is 1.91 bits per heavy atom. The number of phenols is 6. The van der Waals surface area contributed by atoms with Crippen molar-refractivity contribution in [3.8, 4) is 57.3 Å². The van der Waals surface area contributed by atoms with E-state index in [1.165, 1.54) is 30.3 Å². The predicted molar refractivity (Wildman–Crippen MR) is 184 cm³/mol. The minimum absolute atomic E-state index is 0.0733. The summed E-state index contributed by atoms with van der Waals surface area (Å²) in [5.41, 5.74) is -0.0403. The average Bonchev–Trinajstić information content (AvgIpc) is 3.16. The molecule has 2 saturated heterocycles. The van der Waals surface area contributed by atoms with Crippen LogP contribution >= 0.6 is 0 Å². The summed E-state index contributed by atoms with van der Waals surface area (Å²) in [4.78, 5) is 12.5. The molecule has 13 N–H and O–H groups in total. The van der Waals surface area contributed by atoms with Crippen molar-refractivity contribution in [1.82, 2.24) is 0 Å². The van der Waals surface area contributed by atoms with Crippen LogP contribution in [0.2, 0.25) is 0 Å². The number of carbonyl (C=O) groups is 1. The zero-order valence-electron chi connectivity index (χ0n) is 28.6. The second-order valence-corrected chi connectivity index (χ2v) is 12.8. The molecule has 0 bridgehead atoms. The van der Waals surface area contributed by atoms with Crippen LogP contribution in [0.15, 0.2) is 59.0 Å². The van der Waals surface area contributed by atoms with E-state index in [1.807, 2.05) is 0 Å². The van der Waals surface area contributed by atoms with Gasteiger partial charge in [-0.3, -0.25) is 0 Å². The molecule has 2 aliphatic rings. The minimum atomic E-state index is -1.99. The second-order valence-electron chi connectivity index (χ2n) is 12.8. The van der Waals surface area contributed by atoms with Crippen LogP contribution in [0.5, 0.6) is 46.0 Å². The third kappa shape index (κ3) is 8.14. The lowest BCUT2D eigenvalue weighted by molar-refractivity contribution is -0.278. The van der Waals surface area contributed by atoms with Crippen LogP contribution in [0, 0.1) is 0 Å². The van der Waals surface area contributed by atoms with E-state index in [9.17, 15) is 71.2 Å². The van der Waals surface area contributed by atoms with Gasteiger partial charge in [-0.15, -0.1) is 0 Å². The highest BCUT2D eigenvalue weighted by atomic mass is 16.7. The van der Waals surface area contributed by atoms with Crippen LogP contribution in [0.4, 0.5) is 0 Å². The Bertz CT molecular complexity index is 2080. The summed E-state index contributed by atoms with van der Waals surface area (Å²) in [5.74, 6) is -5.83. The Morgan fingerprint density at radius 2 is 1.29 bits per heavy atom. The van der Waals surface area contributed by atoms with Gasteiger partial charge >= 0.3 is 17.3 Å². The smallest absolute Gasteiger partial charge is 0.402 e. The highest BCUT2D eigenvalue weighted by Crippen LogP contribution is 2.45. The first-order chi connectivity index (χ1) is 26.6. The highest BCUT2D eigenvalue weighted by Gasteiger charge is 2.47. The summed E-state index contributed by atoms with van der Waals surface area (Å²) < 4.78 is 34.0. The molecule has 20 heteroatoms. The summed E-state index contributed by atoms with van der Waals surface area (Å²) >= 11 is 0. The number of esters is 1. The number of hydrogen-bond acceptors (Lipinski definition) is 19. The van der Waals surface area contributed by atoms with E-state index >= 15 is 0 Å². The fraction of sp³-hybridized carbons (Fsp3) is 0.333. The minimum Gasteiger partial charge on any atom is -0.507 e. The van der Waals surface area contributed by atoms with E-state index in [0.717, 1.165) is 30.3 Å². The number of aromatic hydroxyl groups is 6. The maximum absolute atomic E-state index is 12.5. The van der Waals surface area contributed by atoms with Crippen molar-refractivity contribution in [3.63, 3.8) is 0 Å². The topological polar surface area (TPSA) is 338 Å². The molecule has 0 amide bonds. The maximum Gasteiger partial charge on any atom is 0.402 e. The molecular formula is C36H37O20+. The summed E-state index contributed by atoms with van der Waals surface area (Å²) in [6.07, 6.45) is -15.5. The van der Waals surface area contributed by atoms with E-state index < -0.39 is 115 Å². The van der Waals surface area contributed by atoms with Gasteiger partial charge in [0.25, 0.3) is 0 Å². The molecule has 300 valence electrons. The number of rotatable bonds is 10. The van der Waals surface area contributed by atoms with Gasteiger partial charge in [-0.05, 0) is 23.8 Å². The number of benzene rings is 3. The SMILES string of the molecule is O=C(C=Cc1ccc(O)c(O)c1)OC[C@H]1O[C@@H](Oc2cc3c(O[C@@H]4O[C@H](CO)[C@@H](O)[C@H](O)[C@H]4O)cc(O)cc3[o+]c2-c2cc(O)c(O)c(O)c2)[C@H](O)[C@H](O)[C@@H]1O. The molecule has 0 saturated carbocycles. The van der Waals surface area contributed by atoms with Gasteiger partial charge in [-0.25, -0.2) is 9.21 Å². The van der Waals surface area contributed by atoms with E-state index in [2.05, 4.69) is 0 Å². The fourth-order valence-corrected chi connectivity index (χ4v) is 5.88. The molecule has 4 aromatic rings. The fourth-order valence-electron chi connectivity index (χ4n) is 5.88. The summed E-state index contributed by atoms with van der Waals surface area (Å²) in [6, 6.07) is 8.97. The molecule has 0 radical (unpaired) electrons. The standard InChI is InChI=1S/C36H36O20/c37-11-24-28(45)30(47)32(49)35(55-24)53-22-9-15(38)8-21-16(22)10-23(34(52-21)14-6-19(41)27(44)20(42)7-14)54-36-33(50)31(48)29(46)25(56-36)12-51-26(43)4-2-13-1-3-17(39)18(40)5-13/h1-10,24-25,28-33,35-37,45-50H,11-12H2,(H5-,38,39,40,41,42,43,44)/p+1/t24-,25-,28-,29-,30+,31-,32-,33-,35-,36-/m1/s1. The maximum atomic E-state index is 12.5. The number of aliphatic hydroxyl groups excluding tert-OH is 7. The Kier molecular flexibility index (Phi) is 11.6. The van der Waals surface area contributed by atoms with Crippen molar-refractivity contribution in [1.29, 1.82) is 0 Å². The van der Waals surface area contributed by atoms with Crippen molar-refractivity contribution in [2.75, 3.05) is 13.2 Å². The van der Waals surface area contributed by atoms with Crippen LogP contribution in [-0.2, 0) is 19.0 Å². The van der Waals surface area contributed by atoms with Crippen LogP contribution in [0.1, 0.15) is 5.56 Å². The van der Waals surface area contributed by atoms with Gasteiger partial charge in [0.1, 0.15) is 72.3 Å². The zero-order valence-corrected chi connectivity index (χ0v) is 28.6. The van der Waals surface area contributed by atoms with E-state index in [0.29, 0.717) is 5.56 Å². The molecule has 3 heterocycles. The van der Waals surface area contributed by atoms with Crippen molar-refractivity contribution < 1.29 is 99.3 Å². The van der Waals surface area contributed by atoms with Gasteiger partial charge in [0.2, 0.25) is 18.3 Å². The largest absolute Gasteiger partial charge is 0.507 e. The Morgan fingerprint density at radius 1 is 0.679 bits per heavy atom. The molecule has 0 spiro atoms. The molecule has 6 rings (SSSR count). The van der Waals surface area contributed by atoms with Crippen molar-refractivity contribution in [2.24, 2.45) is 0 Å². The lowest BCUT2D eigenvalue weighted by Gasteiger charge is -2.39. The van der Waals surface area contributed by atoms with Crippen LogP contribution < -0.4 is 9.47 Å². The number of phenolic OH excluding ortho intramolecular Hbond substituents is 6. The van der Waals surface area contributed by atoms with Crippen molar-refractivity contribution in [2.45, 2.75) is 61.4 Å². The first-order valence-electron chi connectivity index (χ1n) is 16.7. The molecule has 0 aliphatic carbocycles.